The SMILES string of the molecule is Cc1ccc(S(=O)(=O)OC(C)(C)C(=O)O)cc1C. The van der Waals surface area contributed by atoms with Crippen LogP contribution in [0.5, 0.6) is 0 Å². The summed E-state index contributed by atoms with van der Waals surface area (Å²) in [6.45, 7) is 6.01. The van der Waals surface area contributed by atoms with E-state index in [0.29, 0.717) is 0 Å². The van der Waals surface area contributed by atoms with E-state index in [9.17, 15) is 13.2 Å². The van der Waals surface area contributed by atoms with E-state index in [2.05, 4.69) is 0 Å². The van der Waals surface area contributed by atoms with Crippen LogP contribution in [0.15, 0.2) is 23.1 Å². The molecule has 0 bridgehead atoms. The van der Waals surface area contributed by atoms with Crippen LogP contribution in [-0.2, 0) is 19.1 Å². The number of aryl methyl sites for hydroxylation is 2. The molecule has 0 radical (unpaired) electrons. The molecular formula is C12H16O5S. The summed E-state index contributed by atoms with van der Waals surface area (Å²) in [6, 6.07) is 4.51. The molecule has 0 fully saturated rings. The normalized spacial score (nSPS) is 12.4. The summed E-state index contributed by atoms with van der Waals surface area (Å²) in [5, 5.41) is 8.86. The van der Waals surface area contributed by atoms with Crippen molar-refractivity contribution in [3.05, 3.63) is 29.3 Å². The van der Waals surface area contributed by atoms with Crippen LogP contribution in [0.4, 0.5) is 0 Å². The Morgan fingerprint density at radius 3 is 2.22 bits per heavy atom. The molecule has 1 aromatic carbocycles. The van der Waals surface area contributed by atoms with Gasteiger partial charge in [0.05, 0.1) is 4.90 Å². The molecule has 0 saturated carbocycles. The predicted octanol–water partition coefficient (Wildman–Crippen LogP) is 1.87. The smallest absolute Gasteiger partial charge is 0.336 e. The third kappa shape index (κ3) is 3.08. The number of carboxylic acid groups (broad SMARTS) is 1. The highest BCUT2D eigenvalue weighted by molar-refractivity contribution is 7.86. The minimum atomic E-state index is -4.08. The summed E-state index contributed by atoms with van der Waals surface area (Å²) in [5.41, 5.74) is -0.0447. The minimum Gasteiger partial charge on any atom is -0.479 e. The number of aliphatic carboxylic acids is 1. The Balaban J connectivity index is 3.15. The van der Waals surface area contributed by atoms with Crippen LogP contribution in [0.25, 0.3) is 0 Å². The van der Waals surface area contributed by atoms with Crippen LogP contribution < -0.4 is 0 Å². The third-order valence-electron chi connectivity index (χ3n) is 2.60. The zero-order valence-electron chi connectivity index (χ0n) is 10.7. The van der Waals surface area contributed by atoms with E-state index in [1.54, 1.807) is 13.0 Å². The van der Waals surface area contributed by atoms with E-state index in [1.807, 2.05) is 6.92 Å². The molecule has 0 saturated heterocycles. The molecule has 0 aromatic heterocycles. The van der Waals surface area contributed by atoms with Gasteiger partial charge in [-0.2, -0.15) is 8.42 Å². The lowest BCUT2D eigenvalue weighted by Crippen LogP contribution is -2.37. The van der Waals surface area contributed by atoms with Crippen LogP contribution in [0, 0.1) is 13.8 Å². The Kier molecular flexibility index (Phi) is 3.83. The van der Waals surface area contributed by atoms with Crippen LogP contribution in [0.2, 0.25) is 0 Å². The summed E-state index contributed by atoms with van der Waals surface area (Å²) < 4.78 is 28.6. The summed E-state index contributed by atoms with van der Waals surface area (Å²) in [6.07, 6.45) is 0. The van der Waals surface area contributed by atoms with Gasteiger partial charge in [0.2, 0.25) is 0 Å². The molecule has 0 aliphatic heterocycles. The van der Waals surface area contributed by atoms with E-state index >= 15 is 0 Å². The van der Waals surface area contributed by atoms with E-state index in [0.717, 1.165) is 11.1 Å². The Hall–Kier alpha value is -1.40. The monoisotopic (exact) mass is 272 g/mol. The molecular weight excluding hydrogens is 256 g/mol. The molecule has 1 N–H and O–H groups in total. The summed E-state index contributed by atoms with van der Waals surface area (Å²) in [7, 11) is -4.08. The predicted molar refractivity (Wildman–Crippen MR) is 65.9 cm³/mol. The first-order valence-corrected chi connectivity index (χ1v) is 6.73. The van der Waals surface area contributed by atoms with Gasteiger partial charge in [-0.15, -0.1) is 0 Å². The van der Waals surface area contributed by atoms with Gasteiger partial charge in [0.25, 0.3) is 10.1 Å². The van der Waals surface area contributed by atoms with Gasteiger partial charge in [-0.05, 0) is 51.0 Å². The Bertz CT molecular complexity index is 572. The maximum absolute atomic E-state index is 11.9. The Labute approximate surface area is 107 Å². The topological polar surface area (TPSA) is 80.7 Å². The number of hydrogen-bond acceptors (Lipinski definition) is 4. The zero-order chi connectivity index (χ0) is 14.1. The van der Waals surface area contributed by atoms with Crippen LogP contribution in [-0.4, -0.2) is 25.1 Å². The van der Waals surface area contributed by atoms with Gasteiger partial charge in [-0.3, -0.25) is 0 Å². The second-order valence-electron chi connectivity index (χ2n) is 4.60. The molecule has 1 rings (SSSR count). The van der Waals surface area contributed by atoms with Gasteiger partial charge in [0.1, 0.15) is 0 Å². The first-order valence-electron chi connectivity index (χ1n) is 5.32. The number of carboxylic acids is 1. The largest absolute Gasteiger partial charge is 0.479 e. The molecule has 1 aromatic rings. The molecule has 0 atom stereocenters. The van der Waals surface area contributed by atoms with Crippen molar-refractivity contribution in [1.82, 2.24) is 0 Å². The van der Waals surface area contributed by atoms with Crippen molar-refractivity contribution in [2.24, 2.45) is 0 Å². The Morgan fingerprint density at radius 1 is 1.22 bits per heavy atom. The average molecular weight is 272 g/mol. The molecule has 18 heavy (non-hydrogen) atoms. The fourth-order valence-corrected chi connectivity index (χ4v) is 2.50. The van der Waals surface area contributed by atoms with Crippen molar-refractivity contribution < 1.29 is 22.5 Å². The van der Waals surface area contributed by atoms with Gasteiger partial charge in [-0.25, -0.2) is 8.98 Å². The van der Waals surface area contributed by atoms with Gasteiger partial charge in [0.15, 0.2) is 5.60 Å². The van der Waals surface area contributed by atoms with Gasteiger partial charge in [-0.1, -0.05) is 6.07 Å². The van der Waals surface area contributed by atoms with Crippen molar-refractivity contribution in [3.8, 4) is 0 Å². The molecule has 0 spiro atoms. The molecule has 0 aliphatic rings. The number of benzene rings is 1. The number of carbonyl (C=O) groups is 1. The van der Waals surface area contributed by atoms with E-state index in [4.69, 9.17) is 9.29 Å². The lowest BCUT2D eigenvalue weighted by molar-refractivity contribution is -0.151. The Morgan fingerprint density at radius 2 is 1.78 bits per heavy atom. The number of hydrogen-bond donors (Lipinski definition) is 1. The average Bonchev–Trinajstić information content (AvgIpc) is 2.20. The fourth-order valence-electron chi connectivity index (χ4n) is 1.23. The first kappa shape index (κ1) is 14.7. The quantitative estimate of drug-likeness (QED) is 0.846. The summed E-state index contributed by atoms with van der Waals surface area (Å²) in [5.74, 6) is -1.34. The van der Waals surface area contributed by atoms with Gasteiger partial charge < -0.3 is 5.11 Å². The van der Waals surface area contributed by atoms with Crippen LogP contribution >= 0.6 is 0 Å². The lowest BCUT2D eigenvalue weighted by Gasteiger charge is -2.19. The summed E-state index contributed by atoms with van der Waals surface area (Å²) >= 11 is 0. The zero-order valence-corrected chi connectivity index (χ0v) is 11.5. The highest BCUT2D eigenvalue weighted by Crippen LogP contribution is 2.22. The van der Waals surface area contributed by atoms with Crippen LogP contribution in [0.1, 0.15) is 25.0 Å². The third-order valence-corrected chi connectivity index (χ3v) is 4.07. The number of rotatable bonds is 4. The second-order valence-corrected chi connectivity index (χ2v) is 6.15. The van der Waals surface area contributed by atoms with Crippen LogP contribution in [0.3, 0.4) is 0 Å². The second kappa shape index (κ2) is 4.70. The van der Waals surface area contributed by atoms with Gasteiger partial charge >= 0.3 is 5.97 Å². The highest BCUT2D eigenvalue weighted by atomic mass is 32.2. The first-order chi connectivity index (χ1) is 8.06. The van der Waals surface area contributed by atoms with E-state index in [1.165, 1.54) is 26.0 Å². The molecule has 0 heterocycles. The molecule has 5 nitrogen and oxygen atoms in total. The minimum absolute atomic E-state index is 0.0417. The molecule has 100 valence electrons. The van der Waals surface area contributed by atoms with E-state index in [-0.39, 0.29) is 4.90 Å². The van der Waals surface area contributed by atoms with Crippen molar-refractivity contribution >= 4 is 16.1 Å². The van der Waals surface area contributed by atoms with Crippen molar-refractivity contribution in [2.75, 3.05) is 0 Å². The maximum atomic E-state index is 11.9. The van der Waals surface area contributed by atoms with E-state index < -0.39 is 21.7 Å². The van der Waals surface area contributed by atoms with Crippen molar-refractivity contribution in [1.29, 1.82) is 0 Å². The van der Waals surface area contributed by atoms with Crippen molar-refractivity contribution in [2.45, 2.75) is 38.2 Å². The maximum Gasteiger partial charge on any atom is 0.336 e. The van der Waals surface area contributed by atoms with Gasteiger partial charge in [0, 0.05) is 0 Å². The molecule has 0 amide bonds. The summed E-state index contributed by atoms with van der Waals surface area (Å²) in [4.78, 5) is 10.8. The van der Waals surface area contributed by atoms with Crippen molar-refractivity contribution in [3.63, 3.8) is 0 Å². The lowest BCUT2D eigenvalue weighted by atomic mass is 10.1. The standard InChI is InChI=1S/C12H16O5S/c1-8-5-6-10(7-9(8)2)18(15,16)17-12(3,4)11(13)14/h5-7H,1-4H3,(H,13,14). The fraction of sp³-hybridized carbons (Fsp3) is 0.417. The molecule has 6 heteroatoms. The molecule has 0 aliphatic carbocycles. The molecule has 0 unspecified atom stereocenters. The highest BCUT2D eigenvalue weighted by Gasteiger charge is 2.35.